The summed E-state index contributed by atoms with van der Waals surface area (Å²) < 4.78 is 13.0. The lowest BCUT2D eigenvalue weighted by molar-refractivity contribution is 0.175. The number of carbonyl (C=O) groups is 1. The Labute approximate surface area is 152 Å². The van der Waals surface area contributed by atoms with Gasteiger partial charge in [0.15, 0.2) is 0 Å². The standard InChI is InChI=1S/C20H22ClFN2O/c21-17-9-7-16(8-10-17)19-4-2-1-3-13-24(19)20(25)23-14-15-5-11-18(22)12-6-15/h5-12,19H,1-4,13-14H2,(H,23,25)/t19-/m1/s1. The van der Waals surface area contributed by atoms with Gasteiger partial charge in [0.2, 0.25) is 0 Å². The van der Waals surface area contributed by atoms with Crippen LogP contribution in [0.15, 0.2) is 48.5 Å². The third-order valence-corrected chi connectivity index (χ3v) is 4.88. The molecule has 1 aliphatic heterocycles. The first-order valence-electron chi connectivity index (χ1n) is 8.68. The average molecular weight is 361 g/mol. The fourth-order valence-electron chi connectivity index (χ4n) is 3.26. The number of nitrogens with one attached hydrogen (secondary N) is 1. The molecule has 0 bridgehead atoms. The lowest BCUT2D eigenvalue weighted by Gasteiger charge is -2.30. The van der Waals surface area contributed by atoms with Crippen molar-refractivity contribution in [3.05, 3.63) is 70.5 Å². The Morgan fingerprint density at radius 3 is 2.52 bits per heavy atom. The lowest BCUT2D eigenvalue weighted by Crippen LogP contribution is -2.41. The van der Waals surface area contributed by atoms with E-state index >= 15 is 0 Å². The molecular formula is C20H22ClFN2O. The van der Waals surface area contributed by atoms with Crippen LogP contribution in [0.4, 0.5) is 9.18 Å². The molecule has 2 aromatic carbocycles. The molecule has 3 nitrogen and oxygen atoms in total. The topological polar surface area (TPSA) is 32.3 Å². The molecule has 0 aromatic heterocycles. The number of nitrogens with zero attached hydrogens (tertiary/aromatic N) is 1. The highest BCUT2D eigenvalue weighted by Crippen LogP contribution is 2.30. The summed E-state index contributed by atoms with van der Waals surface area (Å²) in [5, 5.41) is 3.66. The van der Waals surface area contributed by atoms with Gasteiger partial charge in [-0.25, -0.2) is 9.18 Å². The smallest absolute Gasteiger partial charge is 0.318 e. The van der Waals surface area contributed by atoms with Crippen LogP contribution >= 0.6 is 11.6 Å². The zero-order chi connectivity index (χ0) is 17.6. The van der Waals surface area contributed by atoms with Crippen LogP contribution in [0.3, 0.4) is 0 Å². The van der Waals surface area contributed by atoms with Gasteiger partial charge in [-0.3, -0.25) is 0 Å². The Morgan fingerprint density at radius 2 is 1.80 bits per heavy atom. The van der Waals surface area contributed by atoms with Crippen molar-refractivity contribution in [3.63, 3.8) is 0 Å². The largest absolute Gasteiger partial charge is 0.334 e. The number of halogens is 2. The number of carbonyl (C=O) groups excluding carboxylic acids is 1. The van der Waals surface area contributed by atoms with E-state index in [1.54, 1.807) is 12.1 Å². The summed E-state index contributed by atoms with van der Waals surface area (Å²) in [4.78, 5) is 14.7. The van der Waals surface area contributed by atoms with Gasteiger partial charge >= 0.3 is 6.03 Å². The molecule has 0 aliphatic carbocycles. The number of hydrogen-bond acceptors (Lipinski definition) is 1. The number of rotatable bonds is 3. The second kappa shape index (κ2) is 8.34. The van der Waals surface area contributed by atoms with Crippen LogP contribution in [0, 0.1) is 5.82 Å². The molecule has 1 saturated heterocycles. The zero-order valence-electron chi connectivity index (χ0n) is 14.1. The van der Waals surface area contributed by atoms with Crippen molar-refractivity contribution in [2.24, 2.45) is 0 Å². The summed E-state index contributed by atoms with van der Waals surface area (Å²) >= 11 is 5.99. The molecule has 0 spiro atoms. The fraction of sp³-hybridized carbons (Fsp3) is 0.350. The molecule has 0 radical (unpaired) electrons. The number of amides is 2. The summed E-state index contributed by atoms with van der Waals surface area (Å²) in [6.45, 7) is 1.13. The van der Waals surface area contributed by atoms with Gasteiger partial charge in [-0.2, -0.15) is 0 Å². The number of benzene rings is 2. The van der Waals surface area contributed by atoms with Gasteiger partial charge in [-0.05, 0) is 48.2 Å². The van der Waals surface area contributed by atoms with E-state index in [1.807, 2.05) is 29.2 Å². The summed E-state index contributed by atoms with van der Waals surface area (Å²) in [6, 6.07) is 13.9. The van der Waals surface area contributed by atoms with Crippen LogP contribution in [-0.2, 0) is 6.54 Å². The van der Waals surface area contributed by atoms with Crippen molar-refractivity contribution < 1.29 is 9.18 Å². The van der Waals surface area contributed by atoms with E-state index in [9.17, 15) is 9.18 Å². The predicted octanol–water partition coefficient (Wildman–Crippen LogP) is 5.31. The predicted molar refractivity (Wildman–Crippen MR) is 98.0 cm³/mol. The maximum atomic E-state index is 13.0. The van der Waals surface area contributed by atoms with Crippen LogP contribution in [0.1, 0.15) is 42.9 Å². The third kappa shape index (κ3) is 4.73. The van der Waals surface area contributed by atoms with Crippen molar-refractivity contribution >= 4 is 17.6 Å². The summed E-state index contributed by atoms with van der Waals surface area (Å²) in [5.74, 6) is -0.273. The van der Waals surface area contributed by atoms with E-state index in [4.69, 9.17) is 11.6 Å². The van der Waals surface area contributed by atoms with Gasteiger partial charge < -0.3 is 10.2 Å². The van der Waals surface area contributed by atoms with E-state index in [0.717, 1.165) is 43.4 Å². The summed E-state index contributed by atoms with van der Waals surface area (Å²) in [5.41, 5.74) is 2.00. The number of urea groups is 1. The van der Waals surface area contributed by atoms with Crippen molar-refractivity contribution in [1.82, 2.24) is 10.2 Å². The van der Waals surface area contributed by atoms with E-state index in [2.05, 4.69) is 5.32 Å². The molecular weight excluding hydrogens is 339 g/mol. The minimum Gasteiger partial charge on any atom is -0.334 e. The van der Waals surface area contributed by atoms with E-state index in [0.29, 0.717) is 11.6 Å². The molecule has 2 amide bonds. The second-order valence-corrected chi connectivity index (χ2v) is 6.83. The van der Waals surface area contributed by atoms with Crippen molar-refractivity contribution in [3.8, 4) is 0 Å². The molecule has 1 atom stereocenters. The van der Waals surface area contributed by atoms with E-state index < -0.39 is 0 Å². The lowest BCUT2D eigenvalue weighted by atomic mass is 10.0. The average Bonchev–Trinajstić information content (AvgIpc) is 2.88. The van der Waals surface area contributed by atoms with E-state index in [-0.39, 0.29) is 17.9 Å². The molecule has 1 fully saturated rings. The molecule has 1 aliphatic rings. The second-order valence-electron chi connectivity index (χ2n) is 6.40. The Balaban J connectivity index is 1.70. The van der Waals surface area contributed by atoms with Gasteiger partial charge in [-0.1, -0.05) is 48.7 Å². The molecule has 5 heteroatoms. The van der Waals surface area contributed by atoms with Gasteiger partial charge in [0.25, 0.3) is 0 Å². The highest BCUT2D eigenvalue weighted by atomic mass is 35.5. The molecule has 1 heterocycles. The maximum absolute atomic E-state index is 13.0. The van der Waals surface area contributed by atoms with Crippen LogP contribution in [-0.4, -0.2) is 17.5 Å². The summed E-state index contributed by atoms with van der Waals surface area (Å²) in [6.07, 6.45) is 4.19. The minimum atomic E-state index is -0.273. The van der Waals surface area contributed by atoms with Crippen molar-refractivity contribution in [2.45, 2.75) is 38.3 Å². The Kier molecular flexibility index (Phi) is 5.92. The van der Waals surface area contributed by atoms with Crippen molar-refractivity contribution in [2.75, 3.05) is 6.54 Å². The first kappa shape index (κ1) is 17.7. The molecule has 132 valence electrons. The number of likely N-dealkylation sites (tertiary alicyclic amines) is 1. The molecule has 3 rings (SSSR count). The molecule has 25 heavy (non-hydrogen) atoms. The monoisotopic (exact) mass is 360 g/mol. The normalized spacial score (nSPS) is 17.8. The third-order valence-electron chi connectivity index (χ3n) is 4.63. The van der Waals surface area contributed by atoms with E-state index in [1.165, 1.54) is 12.1 Å². The fourth-order valence-corrected chi connectivity index (χ4v) is 3.39. The van der Waals surface area contributed by atoms with Gasteiger partial charge in [0.05, 0.1) is 6.04 Å². The molecule has 2 aromatic rings. The summed E-state index contributed by atoms with van der Waals surface area (Å²) in [7, 11) is 0. The zero-order valence-corrected chi connectivity index (χ0v) is 14.8. The highest BCUT2D eigenvalue weighted by molar-refractivity contribution is 6.30. The molecule has 0 saturated carbocycles. The van der Waals surface area contributed by atoms with Gasteiger partial charge in [0, 0.05) is 18.1 Å². The van der Waals surface area contributed by atoms with Crippen LogP contribution < -0.4 is 5.32 Å². The van der Waals surface area contributed by atoms with Crippen molar-refractivity contribution in [1.29, 1.82) is 0 Å². The van der Waals surface area contributed by atoms with Crippen LogP contribution in [0.25, 0.3) is 0 Å². The highest BCUT2D eigenvalue weighted by Gasteiger charge is 2.26. The maximum Gasteiger partial charge on any atom is 0.318 e. The quantitative estimate of drug-likeness (QED) is 0.790. The van der Waals surface area contributed by atoms with Crippen LogP contribution in [0.5, 0.6) is 0 Å². The Bertz CT molecular complexity index is 703. The SMILES string of the molecule is O=C(NCc1ccc(F)cc1)N1CCCCC[C@@H]1c1ccc(Cl)cc1. The first-order chi connectivity index (χ1) is 12.1. The Morgan fingerprint density at radius 1 is 1.08 bits per heavy atom. The molecule has 1 N–H and O–H groups in total. The number of hydrogen-bond donors (Lipinski definition) is 1. The van der Waals surface area contributed by atoms with Gasteiger partial charge in [-0.15, -0.1) is 0 Å². The molecule has 0 unspecified atom stereocenters. The van der Waals surface area contributed by atoms with Gasteiger partial charge in [0.1, 0.15) is 5.82 Å². The van der Waals surface area contributed by atoms with Crippen LogP contribution in [0.2, 0.25) is 5.02 Å². The first-order valence-corrected chi connectivity index (χ1v) is 9.05. The minimum absolute atomic E-state index is 0.0629. The Hall–Kier alpha value is -2.07.